The number of halogens is 2. The second kappa shape index (κ2) is 4.85. The van der Waals surface area contributed by atoms with Gasteiger partial charge in [0.1, 0.15) is 5.82 Å². The first kappa shape index (κ1) is 13.0. The van der Waals surface area contributed by atoms with Gasteiger partial charge in [0, 0.05) is 11.5 Å². The van der Waals surface area contributed by atoms with Crippen LogP contribution in [0.5, 0.6) is 0 Å². The summed E-state index contributed by atoms with van der Waals surface area (Å²) in [6, 6.07) is 8.81. The van der Waals surface area contributed by atoms with Crippen LogP contribution < -0.4 is 0 Å². The van der Waals surface area contributed by atoms with Crippen molar-refractivity contribution in [1.29, 1.82) is 0 Å². The van der Waals surface area contributed by atoms with Gasteiger partial charge in [-0.2, -0.15) is 0 Å². The van der Waals surface area contributed by atoms with Crippen molar-refractivity contribution in [2.45, 2.75) is 0 Å². The smallest absolute Gasteiger partial charge is 0.336 e. The van der Waals surface area contributed by atoms with Gasteiger partial charge >= 0.3 is 5.97 Å². The van der Waals surface area contributed by atoms with Gasteiger partial charge in [-0.3, -0.25) is 0 Å². The maximum absolute atomic E-state index is 13.3. The summed E-state index contributed by atoms with van der Waals surface area (Å²) in [5.74, 6) is -1.53. The molecule has 0 aliphatic heterocycles. The van der Waals surface area contributed by atoms with E-state index in [9.17, 15) is 14.3 Å². The Morgan fingerprint density at radius 2 is 2.05 bits per heavy atom. The molecule has 1 aromatic carbocycles. The van der Waals surface area contributed by atoms with Gasteiger partial charge in [-0.25, -0.2) is 14.2 Å². The van der Waals surface area contributed by atoms with E-state index in [4.69, 9.17) is 11.6 Å². The Hall–Kier alpha value is -1.98. The molecule has 2 aromatic heterocycles. The zero-order valence-corrected chi connectivity index (χ0v) is 11.5. The molecule has 0 radical (unpaired) electrons. The molecule has 0 aliphatic rings. The first-order valence-electron chi connectivity index (χ1n) is 5.64. The van der Waals surface area contributed by atoms with Crippen molar-refractivity contribution in [2.24, 2.45) is 0 Å². The molecule has 3 nitrogen and oxygen atoms in total. The van der Waals surface area contributed by atoms with Crippen LogP contribution in [0.1, 0.15) is 10.4 Å². The quantitative estimate of drug-likeness (QED) is 0.760. The van der Waals surface area contributed by atoms with Crippen molar-refractivity contribution >= 4 is 39.8 Å². The highest BCUT2D eigenvalue weighted by molar-refractivity contribution is 7.19. The zero-order valence-electron chi connectivity index (χ0n) is 9.93. The highest BCUT2D eigenvalue weighted by Gasteiger charge is 2.14. The summed E-state index contributed by atoms with van der Waals surface area (Å²) in [5.41, 5.74) is 0.872. The second-order valence-electron chi connectivity index (χ2n) is 4.13. The van der Waals surface area contributed by atoms with E-state index in [1.165, 1.54) is 35.6 Å². The number of thiophene rings is 1. The Morgan fingerprint density at radius 1 is 1.25 bits per heavy atom. The van der Waals surface area contributed by atoms with Crippen LogP contribution in [0.2, 0.25) is 4.34 Å². The summed E-state index contributed by atoms with van der Waals surface area (Å²) in [5, 5.41) is 9.69. The molecule has 0 amide bonds. The van der Waals surface area contributed by atoms with Crippen LogP contribution in [-0.4, -0.2) is 16.1 Å². The molecule has 6 heteroatoms. The fourth-order valence-electron chi connectivity index (χ4n) is 1.96. The van der Waals surface area contributed by atoms with Crippen molar-refractivity contribution in [3.63, 3.8) is 0 Å². The van der Waals surface area contributed by atoms with E-state index in [1.807, 2.05) is 0 Å². The van der Waals surface area contributed by atoms with E-state index in [2.05, 4.69) is 4.98 Å². The van der Waals surface area contributed by atoms with Crippen LogP contribution >= 0.6 is 22.9 Å². The normalized spacial score (nSPS) is 10.9. The van der Waals surface area contributed by atoms with Crippen LogP contribution in [0.15, 0.2) is 36.4 Å². The summed E-state index contributed by atoms with van der Waals surface area (Å²) in [6.45, 7) is 0. The summed E-state index contributed by atoms with van der Waals surface area (Å²) < 4.78 is 13.9. The first-order valence-corrected chi connectivity index (χ1v) is 6.83. The molecule has 0 bridgehead atoms. The predicted molar refractivity (Wildman–Crippen MR) is 77.0 cm³/mol. The van der Waals surface area contributed by atoms with Crippen molar-refractivity contribution < 1.29 is 14.3 Å². The predicted octanol–water partition coefficient (Wildman–Crippen LogP) is 4.45. The van der Waals surface area contributed by atoms with E-state index in [1.54, 1.807) is 12.1 Å². The molecule has 100 valence electrons. The lowest BCUT2D eigenvalue weighted by Crippen LogP contribution is -2.00. The molecule has 3 aromatic rings. The van der Waals surface area contributed by atoms with Gasteiger partial charge in [0.05, 0.1) is 26.0 Å². The summed E-state index contributed by atoms with van der Waals surface area (Å²) in [7, 11) is 0. The summed E-state index contributed by atoms with van der Waals surface area (Å²) in [6.07, 6.45) is 0. The number of aromatic nitrogens is 1. The number of nitrogens with zero attached hydrogens (tertiary/aromatic N) is 1. The van der Waals surface area contributed by atoms with E-state index in [0.717, 1.165) is 4.88 Å². The molecule has 0 spiro atoms. The third-order valence-electron chi connectivity index (χ3n) is 2.83. The minimum absolute atomic E-state index is 0.0922. The number of carbonyl (C=O) groups is 1. The number of hydrogen-bond acceptors (Lipinski definition) is 3. The molecule has 0 aliphatic carbocycles. The fourth-order valence-corrected chi connectivity index (χ4v) is 2.96. The standard InChI is InChI=1S/C14H7ClFNO2S/c15-13-4-3-12(20-13)11-6-9(14(18)19)8-2-1-7(16)5-10(8)17-11/h1-6H,(H,18,19). The van der Waals surface area contributed by atoms with Gasteiger partial charge in [-0.05, 0) is 30.3 Å². The lowest BCUT2D eigenvalue weighted by molar-refractivity contribution is 0.0699. The third-order valence-corrected chi connectivity index (χ3v) is 4.08. The van der Waals surface area contributed by atoms with Crippen molar-refractivity contribution in [2.75, 3.05) is 0 Å². The minimum Gasteiger partial charge on any atom is -0.478 e. The zero-order chi connectivity index (χ0) is 14.3. The molecule has 0 saturated carbocycles. The lowest BCUT2D eigenvalue weighted by atomic mass is 10.1. The summed E-state index contributed by atoms with van der Waals surface area (Å²) >= 11 is 7.16. The number of hydrogen-bond donors (Lipinski definition) is 1. The average molecular weight is 308 g/mol. The summed E-state index contributed by atoms with van der Waals surface area (Å²) in [4.78, 5) is 16.4. The Labute approximate surface area is 122 Å². The van der Waals surface area contributed by atoms with Crippen LogP contribution in [0.25, 0.3) is 21.5 Å². The number of benzene rings is 1. The van der Waals surface area contributed by atoms with Crippen LogP contribution in [0.3, 0.4) is 0 Å². The molecule has 20 heavy (non-hydrogen) atoms. The Kier molecular flexibility index (Phi) is 3.16. The van der Waals surface area contributed by atoms with Gasteiger partial charge in [0.15, 0.2) is 0 Å². The number of fused-ring (bicyclic) bond motifs is 1. The molecule has 0 atom stereocenters. The second-order valence-corrected chi connectivity index (χ2v) is 5.84. The van der Waals surface area contributed by atoms with E-state index >= 15 is 0 Å². The van der Waals surface area contributed by atoms with Gasteiger partial charge in [-0.15, -0.1) is 11.3 Å². The third kappa shape index (κ3) is 2.26. The number of carboxylic acids is 1. The largest absolute Gasteiger partial charge is 0.478 e. The average Bonchev–Trinajstić information content (AvgIpc) is 2.83. The van der Waals surface area contributed by atoms with E-state index in [-0.39, 0.29) is 5.56 Å². The van der Waals surface area contributed by atoms with Gasteiger partial charge in [0.25, 0.3) is 0 Å². The molecular weight excluding hydrogens is 301 g/mol. The molecule has 3 rings (SSSR count). The first-order chi connectivity index (χ1) is 9.54. The number of carboxylic acid groups (broad SMARTS) is 1. The van der Waals surface area contributed by atoms with Gasteiger partial charge < -0.3 is 5.11 Å². The monoisotopic (exact) mass is 307 g/mol. The number of aromatic carboxylic acids is 1. The minimum atomic E-state index is -1.08. The van der Waals surface area contributed by atoms with Crippen LogP contribution in [0.4, 0.5) is 4.39 Å². The van der Waals surface area contributed by atoms with Crippen LogP contribution in [-0.2, 0) is 0 Å². The molecule has 0 saturated heterocycles. The number of rotatable bonds is 2. The Balaban J connectivity index is 2.32. The van der Waals surface area contributed by atoms with Crippen molar-refractivity contribution in [3.8, 4) is 10.6 Å². The molecule has 1 N–H and O–H groups in total. The topological polar surface area (TPSA) is 50.2 Å². The Bertz CT molecular complexity index is 831. The van der Waals surface area contributed by atoms with Gasteiger partial charge in [0.2, 0.25) is 0 Å². The maximum Gasteiger partial charge on any atom is 0.336 e. The van der Waals surface area contributed by atoms with Crippen molar-refractivity contribution in [3.05, 3.63) is 52.1 Å². The molecule has 2 heterocycles. The molecule has 0 fully saturated rings. The molecular formula is C14H7ClFNO2S. The fraction of sp³-hybridized carbons (Fsp3) is 0. The van der Waals surface area contributed by atoms with E-state index in [0.29, 0.717) is 20.9 Å². The SMILES string of the molecule is O=C(O)c1cc(-c2ccc(Cl)s2)nc2cc(F)ccc12. The maximum atomic E-state index is 13.3. The van der Waals surface area contributed by atoms with Gasteiger partial charge in [-0.1, -0.05) is 11.6 Å². The van der Waals surface area contributed by atoms with E-state index < -0.39 is 11.8 Å². The number of pyridine rings is 1. The molecule has 0 unspecified atom stereocenters. The highest BCUT2D eigenvalue weighted by Crippen LogP contribution is 2.32. The van der Waals surface area contributed by atoms with Crippen molar-refractivity contribution in [1.82, 2.24) is 4.98 Å². The Morgan fingerprint density at radius 3 is 2.70 bits per heavy atom. The highest BCUT2D eigenvalue weighted by atomic mass is 35.5. The van der Waals surface area contributed by atoms with Crippen LogP contribution in [0, 0.1) is 5.82 Å². The lowest BCUT2D eigenvalue weighted by Gasteiger charge is -2.05.